The second kappa shape index (κ2) is 12.9. The van der Waals surface area contributed by atoms with E-state index >= 15 is 0 Å². The van der Waals surface area contributed by atoms with Crippen LogP contribution in [0.2, 0.25) is 0 Å². The second-order valence-corrected chi connectivity index (χ2v) is 6.73. The van der Waals surface area contributed by atoms with Crippen molar-refractivity contribution in [2.45, 2.75) is 44.3 Å². The Kier molecular flexibility index (Phi) is 11.8. The first-order valence-corrected chi connectivity index (χ1v) is 9.61. The lowest BCUT2D eigenvalue weighted by atomic mass is 10.1. The van der Waals surface area contributed by atoms with Crippen molar-refractivity contribution in [3.63, 3.8) is 0 Å². The Hall–Kier alpha value is -2.34. The third-order valence-corrected chi connectivity index (χ3v) is 4.14. The third kappa shape index (κ3) is 10.4. The highest BCUT2D eigenvalue weighted by atomic mass is 32.2. The van der Waals surface area contributed by atoms with E-state index in [0.29, 0.717) is 12.2 Å². The number of primary amides is 1. The number of hydrogen-bond donors (Lipinski definition) is 6. The SMILES string of the molecule is CSCCC(NC(=O)CN)C(=O)NC(C)C(=O)NC(CCC(N)=O)C(=O)O. The molecular weight excluding hydrogens is 378 g/mol. The summed E-state index contributed by atoms with van der Waals surface area (Å²) < 4.78 is 0. The molecule has 0 aliphatic rings. The molecule has 0 heterocycles. The Morgan fingerprint density at radius 2 is 1.63 bits per heavy atom. The summed E-state index contributed by atoms with van der Waals surface area (Å²) in [6, 6.07) is -3.23. The van der Waals surface area contributed by atoms with Gasteiger partial charge in [0.1, 0.15) is 18.1 Å². The molecule has 0 aliphatic heterocycles. The molecule has 8 N–H and O–H groups in total. The summed E-state index contributed by atoms with van der Waals surface area (Å²) in [5, 5.41) is 16.2. The normalized spacial score (nSPS) is 13.7. The number of carbonyl (C=O) groups excluding carboxylic acids is 4. The maximum Gasteiger partial charge on any atom is 0.326 e. The first kappa shape index (κ1) is 24.7. The van der Waals surface area contributed by atoms with E-state index in [-0.39, 0.29) is 19.4 Å². The fourth-order valence-corrected chi connectivity index (χ4v) is 2.45. The number of amides is 4. The van der Waals surface area contributed by atoms with Crippen molar-refractivity contribution in [3.8, 4) is 0 Å². The number of aliphatic carboxylic acids is 1. The lowest BCUT2D eigenvalue weighted by Crippen LogP contribution is -2.55. The van der Waals surface area contributed by atoms with Crippen LogP contribution >= 0.6 is 11.8 Å². The number of nitrogens with two attached hydrogens (primary N) is 2. The Morgan fingerprint density at radius 3 is 2.11 bits per heavy atom. The van der Waals surface area contributed by atoms with Gasteiger partial charge in [0, 0.05) is 6.42 Å². The number of nitrogens with one attached hydrogen (secondary N) is 3. The van der Waals surface area contributed by atoms with Crippen LogP contribution in [0.1, 0.15) is 26.2 Å². The molecule has 4 amide bonds. The van der Waals surface area contributed by atoms with Crippen LogP contribution in [0, 0.1) is 0 Å². The summed E-state index contributed by atoms with van der Waals surface area (Å²) in [6.45, 7) is 1.09. The third-order valence-electron chi connectivity index (χ3n) is 3.49. The van der Waals surface area contributed by atoms with Gasteiger partial charge < -0.3 is 32.5 Å². The van der Waals surface area contributed by atoms with Gasteiger partial charge in [0.2, 0.25) is 23.6 Å². The minimum atomic E-state index is -1.32. The van der Waals surface area contributed by atoms with Gasteiger partial charge in [-0.2, -0.15) is 11.8 Å². The average Bonchev–Trinajstić information content (AvgIpc) is 2.60. The van der Waals surface area contributed by atoms with Gasteiger partial charge in [0.05, 0.1) is 6.54 Å². The summed E-state index contributed by atoms with van der Waals surface area (Å²) in [7, 11) is 0. The Bertz CT molecular complexity index is 559. The average molecular weight is 405 g/mol. The van der Waals surface area contributed by atoms with Crippen LogP contribution in [-0.4, -0.2) is 71.4 Å². The van der Waals surface area contributed by atoms with Crippen molar-refractivity contribution in [1.82, 2.24) is 16.0 Å². The fraction of sp³-hybridized carbons (Fsp3) is 0.667. The van der Waals surface area contributed by atoms with E-state index in [2.05, 4.69) is 16.0 Å². The first-order chi connectivity index (χ1) is 12.6. The molecule has 0 fully saturated rings. The van der Waals surface area contributed by atoms with Gasteiger partial charge in [-0.25, -0.2) is 4.79 Å². The molecule has 0 aromatic rings. The molecule has 3 atom stereocenters. The first-order valence-electron chi connectivity index (χ1n) is 8.22. The number of carboxylic acids is 1. The zero-order chi connectivity index (χ0) is 21.0. The molecule has 0 saturated heterocycles. The molecule has 3 unspecified atom stereocenters. The molecule has 0 spiro atoms. The highest BCUT2D eigenvalue weighted by molar-refractivity contribution is 7.98. The summed E-state index contributed by atoms with van der Waals surface area (Å²) in [5.41, 5.74) is 10.2. The molecule has 12 heteroatoms. The molecule has 0 bridgehead atoms. The largest absolute Gasteiger partial charge is 0.480 e. The topological polar surface area (TPSA) is 194 Å². The zero-order valence-corrected chi connectivity index (χ0v) is 16.1. The number of thioether (sulfide) groups is 1. The van der Waals surface area contributed by atoms with Crippen LogP contribution in [0.4, 0.5) is 0 Å². The maximum atomic E-state index is 12.3. The molecule has 154 valence electrons. The molecule has 0 saturated carbocycles. The molecule has 27 heavy (non-hydrogen) atoms. The molecule has 11 nitrogen and oxygen atoms in total. The quantitative estimate of drug-likeness (QED) is 0.194. The van der Waals surface area contributed by atoms with Gasteiger partial charge in [-0.3, -0.25) is 19.2 Å². The van der Waals surface area contributed by atoms with Crippen LogP contribution in [0.15, 0.2) is 0 Å². The predicted octanol–water partition coefficient (Wildman–Crippen LogP) is -2.48. The van der Waals surface area contributed by atoms with Crippen molar-refractivity contribution >= 4 is 41.4 Å². The standard InChI is InChI=1S/C15H27N5O6S/c1-8(13(23)20-10(15(25)26)3-4-11(17)21)18-14(24)9(5-6-27-2)19-12(22)7-16/h8-10H,3-7,16H2,1-2H3,(H2,17,21)(H,18,24)(H,19,22)(H,20,23)(H,25,26). The Morgan fingerprint density at radius 1 is 1.00 bits per heavy atom. The van der Waals surface area contributed by atoms with Gasteiger partial charge in [-0.15, -0.1) is 0 Å². The Balaban J connectivity index is 4.82. The van der Waals surface area contributed by atoms with E-state index in [0.717, 1.165) is 0 Å². The van der Waals surface area contributed by atoms with Crippen molar-refractivity contribution < 1.29 is 29.1 Å². The van der Waals surface area contributed by atoms with E-state index in [9.17, 15) is 24.0 Å². The van der Waals surface area contributed by atoms with E-state index in [4.69, 9.17) is 16.6 Å². The summed E-state index contributed by atoms with van der Waals surface area (Å²) in [6.07, 6.45) is 1.80. The van der Waals surface area contributed by atoms with E-state index < -0.39 is 47.7 Å². The second-order valence-electron chi connectivity index (χ2n) is 5.74. The zero-order valence-electron chi connectivity index (χ0n) is 15.3. The highest BCUT2D eigenvalue weighted by Crippen LogP contribution is 2.03. The van der Waals surface area contributed by atoms with Crippen LogP contribution in [0.5, 0.6) is 0 Å². The predicted molar refractivity (Wildman–Crippen MR) is 99.6 cm³/mol. The molecule has 0 aromatic carbocycles. The van der Waals surface area contributed by atoms with Crippen molar-refractivity contribution in [2.75, 3.05) is 18.6 Å². The summed E-state index contributed by atoms with van der Waals surface area (Å²) in [4.78, 5) is 57.8. The monoisotopic (exact) mass is 405 g/mol. The molecular formula is C15H27N5O6S. The number of rotatable bonds is 13. The Labute approximate surface area is 161 Å². The number of carboxylic acid groups (broad SMARTS) is 1. The van der Waals surface area contributed by atoms with E-state index in [1.807, 2.05) is 6.26 Å². The van der Waals surface area contributed by atoms with Gasteiger partial charge in [0.15, 0.2) is 0 Å². The van der Waals surface area contributed by atoms with Crippen molar-refractivity contribution in [2.24, 2.45) is 11.5 Å². The summed E-state index contributed by atoms with van der Waals surface area (Å²) in [5.74, 6) is -3.25. The lowest BCUT2D eigenvalue weighted by Gasteiger charge is -2.22. The van der Waals surface area contributed by atoms with Crippen molar-refractivity contribution in [1.29, 1.82) is 0 Å². The van der Waals surface area contributed by atoms with Crippen LogP contribution in [-0.2, 0) is 24.0 Å². The van der Waals surface area contributed by atoms with Gasteiger partial charge >= 0.3 is 5.97 Å². The molecule has 0 aliphatic carbocycles. The van der Waals surface area contributed by atoms with Crippen LogP contribution in [0.3, 0.4) is 0 Å². The minimum absolute atomic E-state index is 0.167. The fourth-order valence-electron chi connectivity index (χ4n) is 1.98. The molecule has 0 aromatic heterocycles. The van der Waals surface area contributed by atoms with Crippen LogP contribution in [0.25, 0.3) is 0 Å². The maximum absolute atomic E-state index is 12.3. The number of hydrogen-bond acceptors (Lipinski definition) is 7. The minimum Gasteiger partial charge on any atom is -0.480 e. The molecule has 0 radical (unpaired) electrons. The van der Waals surface area contributed by atoms with Gasteiger partial charge in [0.25, 0.3) is 0 Å². The highest BCUT2D eigenvalue weighted by Gasteiger charge is 2.27. The summed E-state index contributed by atoms with van der Waals surface area (Å²) >= 11 is 1.48. The smallest absolute Gasteiger partial charge is 0.326 e. The van der Waals surface area contributed by atoms with Crippen molar-refractivity contribution in [3.05, 3.63) is 0 Å². The number of carbonyl (C=O) groups is 5. The van der Waals surface area contributed by atoms with Gasteiger partial charge in [-0.05, 0) is 31.8 Å². The van der Waals surface area contributed by atoms with E-state index in [1.54, 1.807) is 0 Å². The van der Waals surface area contributed by atoms with E-state index in [1.165, 1.54) is 18.7 Å². The van der Waals surface area contributed by atoms with Gasteiger partial charge in [-0.1, -0.05) is 0 Å². The lowest BCUT2D eigenvalue weighted by molar-refractivity contribution is -0.142. The molecule has 0 rings (SSSR count). The van der Waals surface area contributed by atoms with Crippen LogP contribution < -0.4 is 27.4 Å².